The van der Waals surface area contributed by atoms with Crippen LogP contribution in [-0.4, -0.2) is 17.8 Å². The average Bonchev–Trinajstić information content (AvgIpc) is 2.21. The van der Waals surface area contributed by atoms with Crippen molar-refractivity contribution in [2.45, 2.75) is 12.5 Å². The number of hydrogen-bond acceptors (Lipinski definition) is 5. The zero-order chi connectivity index (χ0) is 12.3. The molecule has 1 aromatic carbocycles. The van der Waals surface area contributed by atoms with Gasteiger partial charge in [0.05, 0.1) is 12.0 Å². The Hall–Kier alpha value is -0.590. The fourth-order valence-electron chi connectivity index (χ4n) is 1.16. The van der Waals surface area contributed by atoms with E-state index in [1.165, 1.54) is 18.2 Å². The molecule has 1 atom stereocenters. The molecular formula is C10H10ClN2NaO3. The van der Waals surface area contributed by atoms with Crippen molar-refractivity contribution in [2.75, 3.05) is 5.73 Å². The topological polar surface area (TPSA) is 109 Å². The summed E-state index contributed by atoms with van der Waals surface area (Å²) in [6.07, 6.45) is -0.368. The summed E-state index contributed by atoms with van der Waals surface area (Å²) in [6, 6.07) is 3.04. The van der Waals surface area contributed by atoms with Crippen molar-refractivity contribution in [3.05, 3.63) is 28.8 Å². The van der Waals surface area contributed by atoms with Crippen molar-refractivity contribution < 1.29 is 44.3 Å². The van der Waals surface area contributed by atoms with Crippen LogP contribution in [0.25, 0.3) is 0 Å². The van der Waals surface area contributed by atoms with E-state index in [9.17, 15) is 14.7 Å². The first-order valence-electron chi connectivity index (χ1n) is 4.46. The fraction of sp³-hybridized carbons (Fsp3) is 0.200. The third kappa shape index (κ3) is 4.65. The van der Waals surface area contributed by atoms with E-state index in [1.54, 1.807) is 0 Å². The van der Waals surface area contributed by atoms with Crippen LogP contribution in [0, 0.1) is 0 Å². The molecule has 1 unspecified atom stereocenters. The molecule has 0 spiro atoms. The van der Waals surface area contributed by atoms with E-state index in [-0.39, 0.29) is 47.2 Å². The Labute approximate surface area is 125 Å². The molecule has 0 aliphatic heterocycles. The molecule has 0 aliphatic carbocycles. The minimum absolute atomic E-state index is 0. The summed E-state index contributed by atoms with van der Waals surface area (Å²) in [6.45, 7) is 0. The SMILES string of the molecule is Nc1ccc(Cl)cc1C(=O)CC(N)C(=O)[O-].[Na+]. The Balaban J connectivity index is 0.00000256. The van der Waals surface area contributed by atoms with Gasteiger partial charge in [-0.05, 0) is 18.2 Å². The molecule has 0 radical (unpaired) electrons. The summed E-state index contributed by atoms with van der Waals surface area (Å²) in [4.78, 5) is 22.0. The number of nitrogens with two attached hydrogens (primary N) is 2. The Kier molecular flexibility index (Phi) is 6.74. The summed E-state index contributed by atoms with van der Waals surface area (Å²) < 4.78 is 0. The number of Topliss-reactive ketones (excluding diaryl/α,β-unsaturated/α-hetero) is 1. The summed E-state index contributed by atoms with van der Waals surface area (Å²) in [5.41, 5.74) is 11.2. The second kappa shape index (κ2) is 6.98. The maximum Gasteiger partial charge on any atom is 1.00 e. The number of ketones is 1. The predicted octanol–water partition coefficient (Wildman–Crippen LogP) is -3.42. The molecule has 0 fully saturated rings. The van der Waals surface area contributed by atoms with E-state index in [4.69, 9.17) is 23.1 Å². The molecular weight excluding hydrogens is 255 g/mol. The Morgan fingerprint density at radius 1 is 1.41 bits per heavy atom. The van der Waals surface area contributed by atoms with Gasteiger partial charge < -0.3 is 21.4 Å². The van der Waals surface area contributed by atoms with E-state index in [1.807, 2.05) is 0 Å². The number of carbonyl (C=O) groups excluding carboxylic acids is 2. The molecule has 7 heteroatoms. The van der Waals surface area contributed by atoms with E-state index in [0.29, 0.717) is 5.02 Å². The first-order chi connectivity index (χ1) is 7.41. The van der Waals surface area contributed by atoms with E-state index in [2.05, 4.69) is 0 Å². The second-order valence-corrected chi connectivity index (χ2v) is 3.72. The number of carbonyl (C=O) groups is 2. The normalized spacial score (nSPS) is 11.4. The number of anilines is 1. The van der Waals surface area contributed by atoms with Crippen molar-refractivity contribution in [1.82, 2.24) is 0 Å². The van der Waals surface area contributed by atoms with Crippen LogP contribution in [0.3, 0.4) is 0 Å². The molecule has 0 amide bonds. The monoisotopic (exact) mass is 264 g/mol. The molecule has 0 aromatic heterocycles. The van der Waals surface area contributed by atoms with Crippen LogP contribution in [0.4, 0.5) is 5.69 Å². The summed E-state index contributed by atoms with van der Waals surface area (Å²) in [7, 11) is 0. The molecule has 0 bridgehead atoms. The van der Waals surface area contributed by atoms with Crippen molar-refractivity contribution >= 4 is 29.0 Å². The molecule has 0 heterocycles. The zero-order valence-corrected chi connectivity index (χ0v) is 12.0. The standard InChI is InChI=1S/C10H11ClN2O3.Na/c11-5-1-2-7(12)6(3-5)9(14)4-8(13)10(15)16;/h1-3,8H,4,12-13H2,(H,15,16);/q;+1/p-1. The van der Waals surface area contributed by atoms with Gasteiger partial charge in [-0.2, -0.15) is 0 Å². The van der Waals surface area contributed by atoms with Gasteiger partial charge in [-0.3, -0.25) is 4.79 Å². The van der Waals surface area contributed by atoms with Crippen LogP contribution in [0.15, 0.2) is 18.2 Å². The molecule has 5 nitrogen and oxygen atoms in total. The number of hydrogen-bond donors (Lipinski definition) is 2. The summed E-state index contributed by atoms with van der Waals surface area (Å²) in [5.74, 6) is -1.95. The maximum atomic E-state index is 11.6. The van der Waals surface area contributed by atoms with Crippen LogP contribution < -0.4 is 46.1 Å². The molecule has 0 saturated heterocycles. The van der Waals surface area contributed by atoms with Gasteiger partial charge in [0.1, 0.15) is 0 Å². The minimum atomic E-state index is -1.48. The fourth-order valence-corrected chi connectivity index (χ4v) is 1.34. The summed E-state index contributed by atoms with van der Waals surface area (Å²) in [5, 5.41) is 10.7. The van der Waals surface area contributed by atoms with Crippen LogP contribution >= 0.6 is 11.6 Å². The van der Waals surface area contributed by atoms with Crippen LogP contribution in [-0.2, 0) is 4.79 Å². The molecule has 1 rings (SSSR count). The van der Waals surface area contributed by atoms with Gasteiger partial charge in [0.2, 0.25) is 0 Å². The van der Waals surface area contributed by atoms with Gasteiger partial charge in [-0.1, -0.05) is 11.6 Å². The van der Waals surface area contributed by atoms with Gasteiger partial charge >= 0.3 is 29.6 Å². The average molecular weight is 265 g/mol. The number of aliphatic carboxylic acids is 1. The van der Waals surface area contributed by atoms with E-state index >= 15 is 0 Å². The number of carboxylic acids is 1. The second-order valence-electron chi connectivity index (χ2n) is 3.28. The van der Waals surface area contributed by atoms with Gasteiger partial charge in [0.25, 0.3) is 0 Å². The Bertz CT molecular complexity index is 440. The minimum Gasteiger partial charge on any atom is -0.548 e. The van der Waals surface area contributed by atoms with Crippen LogP contribution in [0.1, 0.15) is 16.8 Å². The van der Waals surface area contributed by atoms with Gasteiger partial charge in [-0.15, -0.1) is 0 Å². The van der Waals surface area contributed by atoms with Crippen molar-refractivity contribution in [1.29, 1.82) is 0 Å². The maximum absolute atomic E-state index is 11.6. The van der Waals surface area contributed by atoms with Gasteiger partial charge in [0, 0.05) is 22.7 Å². The number of benzene rings is 1. The Morgan fingerprint density at radius 2 is 2.00 bits per heavy atom. The number of nitrogen functional groups attached to an aromatic ring is 1. The third-order valence-electron chi connectivity index (χ3n) is 2.02. The van der Waals surface area contributed by atoms with Crippen LogP contribution in [0.5, 0.6) is 0 Å². The number of carboxylic acid groups (broad SMARTS) is 1. The molecule has 86 valence electrons. The predicted molar refractivity (Wildman–Crippen MR) is 57.8 cm³/mol. The largest absolute Gasteiger partial charge is 1.00 e. The molecule has 17 heavy (non-hydrogen) atoms. The molecule has 4 N–H and O–H groups in total. The molecule has 0 saturated carbocycles. The summed E-state index contributed by atoms with van der Waals surface area (Å²) >= 11 is 5.69. The first-order valence-corrected chi connectivity index (χ1v) is 4.84. The molecule has 1 aromatic rings. The van der Waals surface area contributed by atoms with Gasteiger partial charge in [-0.25, -0.2) is 0 Å². The quantitative estimate of drug-likeness (QED) is 0.334. The zero-order valence-electron chi connectivity index (χ0n) is 9.27. The number of halogens is 1. The van der Waals surface area contributed by atoms with E-state index in [0.717, 1.165) is 0 Å². The Morgan fingerprint density at radius 3 is 2.53 bits per heavy atom. The van der Waals surface area contributed by atoms with Gasteiger partial charge in [0.15, 0.2) is 5.78 Å². The van der Waals surface area contributed by atoms with Crippen molar-refractivity contribution in [3.8, 4) is 0 Å². The van der Waals surface area contributed by atoms with Crippen molar-refractivity contribution in [3.63, 3.8) is 0 Å². The van der Waals surface area contributed by atoms with Crippen LogP contribution in [0.2, 0.25) is 5.02 Å². The molecule has 0 aliphatic rings. The van der Waals surface area contributed by atoms with Crippen molar-refractivity contribution in [2.24, 2.45) is 5.73 Å². The third-order valence-corrected chi connectivity index (χ3v) is 2.26. The first kappa shape index (κ1) is 16.4. The smallest absolute Gasteiger partial charge is 0.548 e. The van der Waals surface area contributed by atoms with E-state index < -0.39 is 17.8 Å². The number of rotatable bonds is 4.